The quantitative estimate of drug-likeness (QED) is 0.771. The molecule has 94 valence electrons. The standard InChI is InChI=1S/C10H10ClF2NO3/c11-5-1-2-7(15)6(3-5)10(17)14-4-8(16)9(12)13/h1-3,8-9,15-16H,4H2,(H,14,17). The van der Waals surface area contributed by atoms with Gasteiger partial charge in [0, 0.05) is 11.6 Å². The highest BCUT2D eigenvalue weighted by molar-refractivity contribution is 6.31. The Bertz CT molecular complexity index is 415. The number of hydrogen-bond acceptors (Lipinski definition) is 3. The molecule has 0 spiro atoms. The summed E-state index contributed by atoms with van der Waals surface area (Å²) >= 11 is 5.61. The lowest BCUT2D eigenvalue weighted by molar-refractivity contribution is -0.00271. The van der Waals surface area contributed by atoms with E-state index in [0.717, 1.165) is 0 Å². The number of aliphatic hydroxyl groups is 1. The van der Waals surface area contributed by atoms with Crippen molar-refractivity contribution in [1.82, 2.24) is 5.32 Å². The Morgan fingerprint density at radius 2 is 2.12 bits per heavy atom. The van der Waals surface area contributed by atoms with Crippen molar-refractivity contribution in [3.05, 3.63) is 28.8 Å². The van der Waals surface area contributed by atoms with E-state index in [4.69, 9.17) is 16.7 Å². The van der Waals surface area contributed by atoms with Crippen LogP contribution < -0.4 is 5.32 Å². The predicted molar refractivity (Wildman–Crippen MR) is 57.5 cm³/mol. The molecule has 1 rings (SSSR count). The molecule has 1 atom stereocenters. The third kappa shape index (κ3) is 3.83. The smallest absolute Gasteiger partial charge is 0.265 e. The van der Waals surface area contributed by atoms with Crippen molar-refractivity contribution < 1.29 is 23.8 Å². The van der Waals surface area contributed by atoms with Crippen LogP contribution in [0.25, 0.3) is 0 Å². The first-order valence-corrected chi connectivity index (χ1v) is 5.02. The van der Waals surface area contributed by atoms with Crippen LogP contribution in [-0.2, 0) is 0 Å². The Kier molecular flexibility index (Phi) is 4.65. The molecule has 7 heteroatoms. The van der Waals surface area contributed by atoms with Gasteiger partial charge < -0.3 is 15.5 Å². The summed E-state index contributed by atoms with van der Waals surface area (Å²) in [5, 5.41) is 20.4. The largest absolute Gasteiger partial charge is 0.507 e. The van der Waals surface area contributed by atoms with Crippen molar-refractivity contribution in [2.75, 3.05) is 6.54 Å². The molecule has 17 heavy (non-hydrogen) atoms. The molecule has 3 N–H and O–H groups in total. The summed E-state index contributed by atoms with van der Waals surface area (Å²) in [4.78, 5) is 11.5. The van der Waals surface area contributed by atoms with Gasteiger partial charge in [0.2, 0.25) is 0 Å². The second-order valence-electron chi connectivity index (χ2n) is 3.27. The number of amides is 1. The van der Waals surface area contributed by atoms with Gasteiger partial charge in [0.1, 0.15) is 11.9 Å². The monoisotopic (exact) mass is 265 g/mol. The Hall–Kier alpha value is -1.40. The van der Waals surface area contributed by atoms with Gasteiger partial charge in [0.05, 0.1) is 5.56 Å². The zero-order valence-corrected chi connectivity index (χ0v) is 9.29. The van der Waals surface area contributed by atoms with E-state index in [0.29, 0.717) is 0 Å². The van der Waals surface area contributed by atoms with Crippen LogP contribution in [0, 0.1) is 0 Å². The maximum Gasteiger partial charge on any atom is 0.265 e. The fourth-order valence-corrected chi connectivity index (χ4v) is 1.24. The average Bonchev–Trinajstić information content (AvgIpc) is 2.28. The molecule has 4 nitrogen and oxygen atoms in total. The van der Waals surface area contributed by atoms with Gasteiger partial charge in [-0.3, -0.25) is 4.79 Å². The van der Waals surface area contributed by atoms with Crippen LogP contribution >= 0.6 is 11.6 Å². The first kappa shape index (κ1) is 13.7. The van der Waals surface area contributed by atoms with E-state index in [-0.39, 0.29) is 16.3 Å². The lowest BCUT2D eigenvalue weighted by atomic mass is 10.2. The summed E-state index contributed by atoms with van der Waals surface area (Å²) in [6.07, 6.45) is -4.89. The van der Waals surface area contributed by atoms with Crippen molar-refractivity contribution in [3.63, 3.8) is 0 Å². The van der Waals surface area contributed by atoms with Crippen LogP contribution in [0.2, 0.25) is 5.02 Å². The van der Waals surface area contributed by atoms with E-state index in [1.165, 1.54) is 18.2 Å². The number of aromatic hydroxyl groups is 1. The minimum absolute atomic E-state index is 0.140. The van der Waals surface area contributed by atoms with Gasteiger partial charge >= 0.3 is 0 Å². The van der Waals surface area contributed by atoms with Crippen molar-refractivity contribution >= 4 is 17.5 Å². The predicted octanol–water partition coefficient (Wildman–Crippen LogP) is 1.40. The first-order valence-electron chi connectivity index (χ1n) is 4.64. The minimum Gasteiger partial charge on any atom is -0.507 e. The molecular formula is C10H10ClF2NO3. The van der Waals surface area contributed by atoms with Crippen LogP contribution in [0.5, 0.6) is 5.75 Å². The van der Waals surface area contributed by atoms with Crippen LogP contribution in [0.15, 0.2) is 18.2 Å². The van der Waals surface area contributed by atoms with Crippen LogP contribution in [0.1, 0.15) is 10.4 Å². The van der Waals surface area contributed by atoms with Gasteiger partial charge in [-0.25, -0.2) is 8.78 Å². The van der Waals surface area contributed by atoms with Gasteiger partial charge in [0.25, 0.3) is 12.3 Å². The van der Waals surface area contributed by atoms with Crippen molar-refractivity contribution in [2.24, 2.45) is 0 Å². The molecule has 1 amide bonds. The fraction of sp³-hybridized carbons (Fsp3) is 0.300. The molecule has 0 bridgehead atoms. The van der Waals surface area contributed by atoms with Gasteiger partial charge in [-0.05, 0) is 18.2 Å². The number of aliphatic hydroxyl groups excluding tert-OH is 1. The molecule has 0 saturated heterocycles. The normalized spacial score (nSPS) is 12.5. The molecule has 0 aliphatic carbocycles. The van der Waals surface area contributed by atoms with Gasteiger partial charge in [-0.15, -0.1) is 0 Å². The molecule has 1 aromatic rings. The number of rotatable bonds is 4. The van der Waals surface area contributed by atoms with E-state index in [1.54, 1.807) is 0 Å². The molecule has 0 aromatic heterocycles. The maximum atomic E-state index is 12.0. The summed E-state index contributed by atoms with van der Waals surface area (Å²) in [6.45, 7) is -0.609. The second-order valence-corrected chi connectivity index (χ2v) is 3.71. The molecular weight excluding hydrogens is 256 g/mol. The van der Waals surface area contributed by atoms with E-state index in [9.17, 15) is 18.7 Å². The van der Waals surface area contributed by atoms with Crippen LogP contribution in [0.4, 0.5) is 8.78 Å². The molecule has 0 saturated carbocycles. The molecule has 0 heterocycles. The van der Waals surface area contributed by atoms with E-state index in [1.807, 2.05) is 0 Å². The number of carbonyl (C=O) groups is 1. The topological polar surface area (TPSA) is 69.6 Å². The molecule has 1 aromatic carbocycles. The Morgan fingerprint density at radius 1 is 1.47 bits per heavy atom. The highest BCUT2D eigenvalue weighted by Gasteiger charge is 2.19. The molecule has 0 aliphatic rings. The Labute approximate surface area is 101 Å². The number of halogens is 3. The summed E-state index contributed by atoms with van der Waals surface area (Å²) in [6, 6.07) is 3.78. The lowest BCUT2D eigenvalue weighted by Gasteiger charge is -2.11. The van der Waals surface area contributed by atoms with Gasteiger partial charge in [-0.1, -0.05) is 11.6 Å². The summed E-state index contributed by atoms with van der Waals surface area (Å²) < 4.78 is 23.9. The highest BCUT2D eigenvalue weighted by atomic mass is 35.5. The third-order valence-corrected chi connectivity index (χ3v) is 2.20. The van der Waals surface area contributed by atoms with Crippen molar-refractivity contribution in [1.29, 1.82) is 0 Å². The van der Waals surface area contributed by atoms with Gasteiger partial charge in [-0.2, -0.15) is 0 Å². The van der Waals surface area contributed by atoms with Crippen molar-refractivity contribution in [2.45, 2.75) is 12.5 Å². The molecule has 1 unspecified atom stereocenters. The first-order chi connectivity index (χ1) is 7.91. The number of phenolic OH excluding ortho intramolecular Hbond substituents is 1. The SMILES string of the molecule is O=C(NCC(O)C(F)F)c1cc(Cl)ccc1O. The average molecular weight is 266 g/mol. The number of benzene rings is 1. The van der Waals surface area contributed by atoms with E-state index in [2.05, 4.69) is 5.32 Å². The number of alkyl halides is 2. The van der Waals surface area contributed by atoms with Gasteiger partial charge in [0.15, 0.2) is 0 Å². The Morgan fingerprint density at radius 3 is 2.71 bits per heavy atom. The van der Waals surface area contributed by atoms with Crippen molar-refractivity contribution in [3.8, 4) is 5.75 Å². The van der Waals surface area contributed by atoms with E-state index >= 15 is 0 Å². The van der Waals surface area contributed by atoms with Crippen LogP contribution in [0.3, 0.4) is 0 Å². The number of carbonyl (C=O) groups excluding carboxylic acids is 1. The summed E-state index contributed by atoms with van der Waals surface area (Å²) in [7, 11) is 0. The summed E-state index contributed by atoms with van der Waals surface area (Å²) in [5.41, 5.74) is -0.140. The molecule has 0 aliphatic heterocycles. The third-order valence-electron chi connectivity index (χ3n) is 1.97. The highest BCUT2D eigenvalue weighted by Crippen LogP contribution is 2.21. The number of nitrogens with one attached hydrogen (secondary N) is 1. The molecule has 0 fully saturated rings. The zero-order valence-electron chi connectivity index (χ0n) is 8.53. The zero-order chi connectivity index (χ0) is 13.0. The van der Waals surface area contributed by atoms with E-state index < -0.39 is 25.0 Å². The number of phenols is 1. The van der Waals surface area contributed by atoms with Crippen LogP contribution in [-0.4, -0.2) is 35.2 Å². The fourth-order valence-electron chi connectivity index (χ4n) is 1.07. The summed E-state index contributed by atoms with van der Waals surface area (Å²) in [5.74, 6) is -1.11. The minimum atomic E-state index is -2.94. The second kappa shape index (κ2) is 5.79. The lowest BCUT2D eigenvalue weighted by Crippen LogP contribution is -2.35. The molecule has 0 radical (unpaired) electrons. The number of hydrogen-bond donors (Lipinski definition) is 3. The Balaban J connectivity index is 2.67. The maximum absolute atomic E-state index is 12.0.